The normalized spacial score (nSPS) is 16.8. The molecule has 0 radical (unpaired) electrons. The molecule has 2 aromatic carbocycles. The highest BCUT2D eigenvalue weighted by atomic mass is 127. The molecule has 4 rings (SSSR count). The summed E-state index contributed by atoms with van der Waals surface area (Å²) in [4.78, 5) is 26.2. The van der Waals surface area contributed by atoms with Gasteiger partial charge >= 0.3 is 0 Å². The number of carbonyl (C=O) groups is 2. The van der Waals surface area contributed by atoms with E-state index in [4.69, 9.17) is 0 Å². The van der Waals surface area contributed by atoms with Gasteiger partial charge in [0, 0.05) is 10.1 Å². The molecular formula is C20H18IN5O2. The monoisotopic (exact) mass is 487 g/mol. The smallest absolute Gasteiger partial charge is 0.251 e. The summed E-state index contributed by atoms with van der Waals surface area (Å²) in [5, 5.41) is 11.4. The van der Waals surface area contributed by atoms with Gasteiger partial charge in [-0.15, -0.1) is 5.10 Å². The van der Waals surface area contributed by atoms with E-state index in [1.54, 1.807) is 16.8 Å². The van der Waals surface area contributed by atoms with Crippen LogP contribution >= 0.6 is 22.6 Å². The molecule has 8 heteroatoms. The van der Waals surface area contributed by atoms with Crippen molar-refractivity contribution in [3.63, 3.8) is 0 Å². The molecule has 3 aromatic rings. The van der Waals surface area contributed by atoms with Gasteiger partial charge in [-0.05, 0) is 52.4 Å². The van der Waals surface area contributed by atoms with Crippen LogP contribution in [-0.2, 0) is 22.7 Å². The Bertz CT molecular complexity index is 987. The van der Waals surface area contributed by atoms with Crippen LogP contribution in [0.3, 0.4) is 0 Å². The topological polar surface area (TPSA) is 80.1 Å². The van der Waals surface area contributed by atoms with E-state index in [0.29, 0.717) is 18.8 Å². The molecular weight excluding hydrogens is 469 g/mol. The van der Waals surface area contributed by atoms with Gasteiger partial charge < -0.3 is 0 Å². The Balaban J connectivity index is 1.37. The van der Waals surface area contributed by atoms with Gasteiger partial charge in [0.05, 0.1) is 36.6 Å². The molecule has 1 aliphatic rings. The maximum atomic E-state index is 12.7. The van der Waals surface area contributed by atoms with Crippen molar-refractivity contribution in [3.8, 4) is 0 Å². The van der Waals surface area contributed by atoms with Crippen molar-refractivity contribution < 1.29 is 9.59 Å². The molecule has 1 fully saturated rings. The molecule has 1 aromatic heterocycles. The Hall–Kier alpha value is -2.59. The van der Waals surface area contributed by atoms with Gasteiger partial charge in [0.2, 0.25) is 5.91 Å². The lowest BCUT2D eigenvalue weighted by molar-refractivity contribution is -0.121. The number of imide groups is 1. The molecule has 2 heterocycles. The van der Waals surface area contributed by atoms with Gasteiger partial charge in [-0.25, -0.2) is 9.58 Å². The third-order valence-corrected chi connectivity index (χ3v) is 5.25. The van der Waals surface area contributed by atoms with Crippen LogP contribution in [0.25, 0.3) is 0 Å². The summed E-state index contributed by atoms with van der Waals surface area (Å²) in [7, 11) is 0. The minimum atomic E-state index is -0.550. The number of benzene rings is 2. The molecule has 1 saturated heterocycles. The van der Waals surface area contributed by atoms with Gasteiger partial charge in [-0.2, -0.15) is 0 Å². The van der Waals surface area contributed by atoms with Gasteiger partial charge in [0.1, 0.15) is 0 Å². The van der Waals surface area contributed by atoms with Crippen LogP contribution in [0.2, 0.25) is 0 Å². The number of anilines is 1. The summed E-state index contributed by atoms with van der Waals surface area (Å²) in [6.07, 6.45) is 1.99. The SMILES string of the molecule is O=C1CC(NCc2cn(Cc3ccccc3)nn2)C(=O)N1c1ccc(I)cc1. The molecule has 1 atom stereocenters. The fourth-order valence-corrected chi connectivity index (χ4v) is 3.51. The molecule has 0 bridgehead atoms. The number of halogens is 1. The van der Waals surface area contributed by atoms with Crippen LogP contribution in [0.4, 0.5) is 5.69 Å². The summed E-state index contributed by atoms with van der Waals surface area (Å²) >= 11 is 2.19. The van der Waals surface area contributed by atoms with E-state index < -0.39 is 6.04 Å². The van der Waals surface area contributed by atoms with Crippen molar-refractivity contribution in [2.45, 2.75) is 25.6 Å². The molecule has 0 saturated carbocycles. The van der Waals surface area contributed by atoms with E-state index in [2.05, 4.69) is 38.2 Å². The average Bonchev–Trinajstić information content (AvgIpc) is 3.25. The lowest BCUT2D eigenvalue weighted by Crippen LogP contribution is -2.38. The fraction of sp³-hybridized carbons (Fsp3) is 0.200. The summed E-state index contributed by atoms with van der Waals surface area (Å²) in [5.74, 6) is -0.431. The number of rotatable bonds is 6. The molecule has 1 unspecified atom stereocenters. The number of carbonyl (C=O) groups excluding carboxylic acids is 2. The summed E-state index contributed by atoms with van der Waals surface area (Å²) in [6.45, 7) is 1.01. The first kappa shape index (κ1) is 18.8. The van der Waals surface area contributed by atoms with Crippen molar-refractivity contribution in [1.82, 2.24) is 20.3 Å². The highest BCUT2D eigenvalue weighted by Crippen LogP contribution is 2.23. The van der Waals surface area contributed by atoms with E-state index in [0.717, 1.165) is 14.8 Å². The van der Waals surface area contributed by atoms with Crippen molar-refractivity contribution in [1.29, 1.82) is 0 Å². The lowest BCUT2D eigenvalue weighted by Gasteiger charge is -2.15. The predicted octanol–water partition coefficient (Wildman–Crippen LogP) is 2.35. The van der Waals surface area contributed by atoms with E-state index >= 15 is 0 Å². The molecule has 1 N–H and O–H groups in total. The third-order valence-electron chi connectivity index (χ3n) is 4.53. The number of hydrogen-bond acceptors (Lipinski definition) is 5. The Morgan fingerprint density at radius 3 is 2.57 bits per heavy atom. The standard InChI is InChI=1S/C20H18IN5O2/c21-15-6-8-17(9-7-15)26-19(27)10-18(20(26)28)22-11-16-13-25(24-23-16)12-14-4-2-1-3-5-14/h1-9,13,18,22H,10-12H2. The average molecular weight is 487 g/mol. The first-order valence-corrected chi connectivity index (χ1v) is 9.97. The zero-order chi connectivity index (χ0) is 19.5. The Labute approximate surface area is 175 Å². The number of hydrogen-bond donors (Lipinski definition) is 1. The van der Waals surface area contributed by atoms with E-state index in [9.17, 15) is 9.59 Å². The lowest BCUT2D eigenvalue weighted by atomic mass is 10.2. The number of nitrogens with zero attached hydrogens (tertiary/aromatic N) is 4. The first-order chi connectivity index (χ1) is 13.6. The summed E-state index contributed by atoms with van der Waals surface area (Å²) in [5.41, 5.74) is 2.47. The molecule has 1 aliphatic heterocycles. The molecule has 7 nitrogen and oxygen atoms in total. The quantitative estimate of drug-likeness (QED) is 0.427. The molecule has 28 heavy (non-hydrogen) atoms. The van der Waals surface area contributed by atoms with Crippen LogP contribution < -0.4 is 10.2 Å². The highest BCUT2D eigenvalue weighted by Gasteiger charge is 2.39. The Kier molecular flexibility index (Phi) is 5.49. The minimum absolute atomic E-state index is 0.142. The van der Waals surface area contributed by atoms with Crippen LogP contribution in [0.1, 0.15) is 17.7 Å². The van der Waals surface area contributed by atoms with E-state index in [1.165, 1.54) is 4.90 Å². The van der Waals surface area contributed by atoms with Crippen LogP contribution in [-0.4, -0.2) is 32.9 Å². The minimum Gasteiger partial charge on any atom is -0.300 e. The zero-order valence-electron chi connectivity index (χ0n) is 15.0. The molecule has 0 spiro atoms. The second-order valence-electron chi connectivity index (χ2n) is 6.57. The van der Waals surface area contributed by atoms with E-state index in [1.807, 2.05) is 48.7 Å². The van der Waals surface area contributed by atoms with Crippen LogP contribution in [0.15, 0.2) is 60.8 Å². The third kappa shape index (κ3) is 4.12. The Morgan fingerprint density at radius 1 is 1.07 bits per heavy atom. The van der Waals surface area contributed by atoms with Gasteiger partial charge in [0.15, 0.2) is 0 Å². The first-order valence-electron chi connectivity index (χ1n) is 8.89. The summed E-state index contributed by atoms with van der Waals surface area (Å²) < 4.78 is 2.81. The second-order valence-corrected chi connectivity index (χ2v) is 7.82. The number of nitrogens with one attached hydrogen (secondary N) is 1. The summed E-state index contributed by atoms with van der Waals surface area (Å²) in [6, 6.07) is 16.8. The maximum Gasteiger partial charge on any atom is 0.251 e. The van der Waals surface area contributed by atoms with Gasteiger partial charge in [-0.1, -0.05) is 35.5 Å². The van der Waals surface area contributed by atoms with Gasteiger partial charge in [-0.3, -0.25) is 14.9 Å². The number of amides is 2. The number of aromatic nitrogens is 3. The van der Waals surface area contributed by atoms with Crippen LogP contribution in [0, 0.1) is 3.57 Å². The molecule has 142 valence electrons. The van der Waals surface area contributed by atoms with Crippen LogP contribution in [0.5, 0.6) is 0 Å². The van der Waals surface area contributed by atoms with Crippen molar-refractivity contribution >= 4 is 40.1 Å². The predicted molar refractivity (Wildman–Crippen MR) is 112 cm³/mol. The van der Waals surface area contributed by atoms with Gasteiger partial charge in [0.25, 0.3) is 5.91 Å². The van der Waals surface area contributed by atoms with E-state index in [-0.39, 0.29) is 18.2 Å². The van der Waals surface area contributed by atoms with Crippen molar-refractivity contribution in [3.05, 3.63) is 75.6 Å². The van der Waals surface area contributed by atoms with Crippen molar-refractivity contribution in [2.75, 3.05) is 4.90 Å². The largest absolute Gasteiger partial charge is 0.300 e. The maximum absolute atomic E-state index is 12.7. The highest BCUT2D eigenvalue weighted by molar-refractivity contribution is 14.1. The van der Waals surface area contributed by atoms with Crippen molar-refractivity contribution in [2.24, 2.45) is 0 Å². The molecule has 0 aliphatic carbocycles. The fourth-order valence-electron chi connectivity index (χ4n) is 3.15. The molecule has 2 amide bonds. The second kappa shape index (κ2) is 8.19. The zero-order valence-corrected chi connectivity index (χ0v) is 17.1. The Morgan fingerprint density at radius 2 is 1.82 bits per heavy atom.